The molecule has 11 heavy (non-hydrogen) atoms. The van der Waals surface area contributed by atoms with Crippen molar-refractivity contribution in [1.29, 1.82) is 0 Å². The first-order valence-corrected chi connectivity index (χ1v) is 3.54. The molecular formula is C7H6ClN3. The number of halogens is 1. The van der Waals surface area contributed by atoms with Gasteiger partial charge in [-0.3, -0.25) is 0 Å². The van der Waals surface area contributed by atoms with Gasteiger partial charge in [-0.05, 0) is 6.07 Å². The van der Waals surface area contributed by atoms with Crippen LogP contribution in [0.15, 0.2) is 18.5 Å². The van der Waals surface area contributed by atoms with E-state index in [1.54, 1.807) is 18.5 Å². The summed E-state index contributed by atoms with van der Waals surface area (Å²) in [5, 5.41) is 1.42. The van der Waals surface area contributed by atoms with E-state index in [0.717, 1.165) is 11.0 Å². The predicted octanol–water partition coefficient (Wildman–Crippen LogP) is 1.80. The number of anilines is 1. The zero-order valence-electron chi connectivity index (χ0n) is 5.63. The first-order valence-electron chi connectivity index (χ1n) is 3.16. The summed E-state index contributed by atoms with van der Waals surface area (Å²) in [6.07, 6.45) is 3.32. The molecule has 0 fully saturated rings. The third-order valence-corrected chi connectivity index (χ3v) is 1.86. The van der Waals surface area contributed by atoms with Gasteiger partial charge in [0.15, 0.2) is 0 Å². The molecule has 0 radical (unpaired) electrons. The zero-order chi connectivity index (χ0) is 7.84. The molecule has 56 valence electrons. The predicted molar refractivity (Wildman–Crippen MR) is 45.5 cm³/mol. The van der Waals surface area contributed by atoms with Gasteiger partial charge < -0.3 is 10.7 Å². The number of H-pyrrole nitrogens is 1. The number of nitrogens with zero attached hydrogens (tertiary/aromatic N) is 1. The Hall–Kier alpha value is -1.22. The lowest BCUT2D eigenvalue weighted by molar-refractivity contribution is 1.33. The van der Waals surface area contributed by atoms with Crippen molar-refractivity contribution in [2.75, 3.05) is 5.73 Å². The molecule has 3 nitrogen and oxygen atoms in total. The fraction of sp³-hybridized carbons (Fsp3) is 0. The highest BCUT2D eigenvalue weighted by molar-refractivity contribution is 6.36. The average Bonchev–Trinajstić information content (AvgIpc) is 2.34. The van der Waals surface area contributed by atoms with Gasteiger partial charge in [0.2, 0.25) is 0 Å². The van der Waals surface area contributed by atoms with Crippen molar-refractivity contribution < 1.29 is 0 Å². The molecule has 2 rings (SSSR count). The number of nitrogens with two attached hydrogens (primary N) is 1. The van der Waals surface area contributed by atoms with Crippen LogP contribution in [-0.2, 0) is 0 Å². The van der Waals surface area contributed by atoms with Crippen LogP contribution in [0.3, 0.4) is 0 Å². The molecule has 0 bridgehead atoms. The van der Waals surface area contributed by atoms with Gasteiger partial charge in [0, 0.05) is 18.1 Å². The van der Waals surface area contributed by atoms with Crippen LogP contribution >= 0.6 is 11.6 Å². The van der Waals surface area contributed by atoms with E-state index in [9.17, 15) is 0 Å². The largest absolute Gasteiger partial charge is 0.398 e. The molecular weight excluding hydrogens is 162 g/mol. The summed E-state index contributed by atoms with van der Waals surface area (Å²) in [6, 6.07) is 1.72. The van der Waals surface area contributed by atoms with E-state index >= 15 is 0 Å². The summed E-state index contributed by atoms with van der Waals surface area (Å²) in [6.45, 7) is 0. The number of aromatic amines is 1. The van der Waals surface area contributed by atoms with Crippen LogP contribution in [0, 0.1) is 0 Å². The lowest BCUT2D eigenvalue weighted by Crippen LogP contribution is -1.86. The third-order valence-electron chi connectivity index (χ3n) is 1.56. The quantitative estimate of drug-likeness (QED) is 0.629. The van der Waals surface area contributed by atoms with Gasteiger partial charge in [-0.1, -0.05) is 11.6 Å². The van der Waals surface area contributed by atoms with Gasteiger partial charge in [0.1, 0.15) is 5.65 Å². The van der Waals surface area contributed by atoms with E-state index in [4.69, 9.17) is 17.3 Å². The van der Waals surface area contributed by atoms with Crippen LogP contribution in [0.25, 0.3) is 11.0 Å². The Morgan fingerprint density at radius 1 is 1.55 bits per heavy atom. The van der Waals surface area contributed by atoms with Crippen LogP contribution in [0.4, 0.5) is 5.69 Å². The monoisotopic (exact) mass is 167 g/mol. The zero-order valence-corrected chi connectivity index (χ0v) is 6.39. The molecule has 0 saturated carbocycles. The minimum atomic E-state index is 0.616. The SMILES string of the molecule is Nc1ccnc2[nH]cc(Cl)c12. The Morgan fingerprint density at radius 2 is 2.36 bits per heavy atom. The third kappa shape index (κ3) is 0.851. The van der Waals surface area contributed by atoms with Crippen molar-refractivity contribution in [3.05, 3.63) is 23.5 Å². The second-order valence-corrected chi connectivity index (χ2v) is 2.67. The van der Waals surface area contributed by atoms with Crippen molar-refractivity contribution in [1.82, 2.24) is 9.97 Å². The summed E-state index contributed by atoms with van der Waals surface area (Å²) in [5.74, 6) is 0. The van der Waals surface area contributed by atoms with Gasteiger partial charge >= 0.3 is 0 Å². The maximum absolute atomic E-state index is 5.83. The number of rotatable bonds is 0. The van der Waals surface area contributed by atoms with Crippen LogP contribution in [-0.4, -0.2) is 9.97 Å². The van der Waals surface area contributed by atoms with E-state index < -0.39 is 0 Å². The number of hydrogen-bond donors (Lipinski definition) is 2. The van der Waals surface area contributed by atoms with Gasteiger partial charge in [-0.2, -0.15) is 0 Å². The molecule has 0 amide bonds. The van der Waals surface area contributed by atoms with Crippen LogP contribution < -0.4 is 5.73 Å². The first kappa shape index (κ1) is 6.49. The molecule has 0 aromatic carbocycles. The minimum absolute atomic E-state index is 0.616. The van der Waals surface area contributed by atoms with Crippen molar-refractivity contribution in [3.63, 3.8) is 0 Å². The average molecular weight is 168 g/mol. The topological polar surface area (TPSA) is 54.7 Å². The molecule has 0 saturated heterocycles. The highest BCUT2D eigenvalue weighted by atomic mass is 35.5. The number of fused-ring (bicyclic) bond motifs is 1. The summed E-state index contributed by atoms with van der Waals surface area (Å²) in [4.78, 5) is 6.95. The van der Waals surface area contributed by atoms with Crippen molar-refractivity contribution in [3.8, 4) is 0 Å². The molecule has 4 heteroatoms. The number of nitrogens with one attached hydrogen (secondary N) is 1. The van der Waals surface area contributed by atoms with Gasteiger partial charge in [0.25, 0.3) is 0 Å². The summed E-state index contributed by atoms with van der Waals surface area (Å²) >= 11 is 5.83. The Bertz CT molecular complexity index is 393. The maximum Gasteiger partial charge on any atom is 0.140 e. The van der Waals surface area contributed by atoms with E-state index in [2.05, 4.69) is 9.97 Å². The molecule has 2 aromatic heterocycles. The Kier molecular flexibility index (Phi) is 1.26. The minimum Gasteiger partial charge on any atom is -0.398 e. The molecule has 0 aliphatic carbocycles. The van der Waals surface area contributed by atoms with E-state index in [-0.39, 0.29) is 0 Å². The number of nitrogen functional groups attached to an aromatic ring is 1. The maximum atomic E-state index is 5.83. The Balaban J connectivity index is 2.96. The van der Waals surface area contributed by atoms with E-state index in [1.807, 2.05) is 0 Å². The van der Waals surface area contributed by atoms with Gasteiger partial charge in [-0.15, -0.1) is 0 Å². The van der Waals surface area contributed by atoms with Gasteiger partial charge in [-0.25, -0.2) is 4.98 Å². The Morgan fingerprint density at radius 3 is 3.09 bits per heavy atom. The molecule has 3 N–H and O–H groups in total. The second kappa shape index (κ2) is 2.13. The summed E-state index contributed by atoms with van der Waals surface area (Å²) in [5.41, 5.74) is 7.04. The molecule has 0 spiro atoms. The van der Waals surface area contributed by atoms with Crippen molar-refractivity contribution in [2.24, 2.45) is 0 Å². The number of pyridine rings is 1. The number of aromatic nitrogens is 2. The number of hydrogen-bond acceptors (Lipinski definition) is 2. The first-order chi connectivity index (χ1) is 5.29. The standard InChI is InChI=1S/C7H6ClN3/c8-4-3-11-7-6(4)5(9)1-2-10-7/h1-3H,(H3,9,10,11). The van der Waals surface area contributed by atoms with Crippen LogP contribution in [0.2, 0.25) is 5.02 Å². The van der Waals surface area contributed by atoms with Gasteiger partial charge in [0.05, 0.1) is 10.4 Å². The smallest absolute Gasteiger partial charge is 0.140 e. The molecule has 0 atom stereocenters. The highest BCUT2D eigenvalue weighted by Crippen LogP contribution is 2.25. The molecule has 2 aromatic rings. The van der Waals surface area contributed by atoms with Crippen LogP contribution in [0.5, 0.6) is 0 Å². The van der Waals surface area contributed by atoms with E-state index in [1.165, 1.54) is 0 Å². The fourth-order valence-corrected chi connectivity index (χ4v) is 1.29. The Labute approximate surface area is 68.2 Å². The van der Waals surface area contributed by atoms with E-state index in [0.29, 0.717) is 10.7 Å². The van der Waals surface area contributed by atoms with Crippen molar-refractivity contribution >= 4 is 28.3 Å². The van der Waals surface area contributed by atoms with Crippen molar-refractivity contribution in [2.45, 2.75) is 0 Å². The normalized spacial score (nSPS) is 10.6. The molecule has 0 aliphatic rings. The van der Waals surface area contributed by atoms with Crippen LogP contribution in [0.1, 0.15) is 0 Å². The highest BCUT2D eigenvalue weighted by Gasteiger charge is 2.03. The molecule has 0 aliphatic heterocycles. The second-order valence-electron chi connectivity index (χ2n) is 2.26. The lowest BCUT2D eigenvalue weighted by Gasteiger charge is -1.93. The molecule has 0 unspecified atom stereocenters. The fourth-order valence-electron chi connectivity index (χ4n) is 1.04. The molecule has 2 heterocycles. The summed E-state index contributed by atoms with van der Waals surface area (Å²) in [7, 11) is 0. The summed E-state index contributed by atoms with van der Waals surface area (Å²) < 4.78 is 0. The lowest BCUT2D eigenvalue weighted by atomic mass is 10.3.